The Labute approximate surface area is 148 Å². The Morgan fingerprint density at radius 2 is 1.88 bits per heavy atom. The highest BCUT2D eigenvalue weighted by atomic mass is 19.3. The third kappa shape index (κ3) is 4.25. The van der Waals surface area contributed by atoms with Crippen LogP contribution in [0.4, 0.5) is 8.78 Å². The molecule has 0 bridgehead atoms. The maximum atomic E-state index is 12.7. The van der Waals surface area contributed by atoms with Crippen LogP contribution in [-0.2, 0) is 6.42 Å². The molecule has 0 spiro atoms. The van der Waals surface area contributed by atoms with E-state index in [1.807, 2.05) is 12.1 Å². The van der Waals surface area contributed by atoms with Crippen molar-refractivity contribution in [3.8, 4) is 11.1 Å². The first-order chi connectivity index (χ1) is 12.1. The molecule has 1 saturated heterocycles. The predicted molar refractivity (Wildman–Crippen MR) is 98.8 cm³/mol. The fourth-order valence-electron chi connectivity index (χ4n) is 3.77. The van der Waals surface area contributed by atoms with Crippen LogP contribution in [0.1, 0.15) is 37.3 Å². The number of alkyl halides is 2. The second kappa shape index (κ2) is 8.07. The average Bonchev–Trinajstić information content (AvgIpc) is 2.63. The highest BCUT2D eigenvalue weighted by molar-refractivity contribution is 5.64. The fourth-order valence-corrected chi connectivity index (χ4v) is 3.77. The molecule has 2 aromatic rings. The van der Waals surface area contributed by atoms with E-state index in [1.165, 1.54) is 24.1 Å². The van der Waals surface area contributed by atoms with E-state index in [0.29, 0.717) is 6.04 Å². The molecule has 2 unspecified atom stereocenters. The van der Waals surface area contributed by atoms with Gasteiger partial charge in [0.2, 0.25) is 0 Å². The van der Waals surface area contributed by atoms with Gasteiger partial charge in [0.05, 0.1) is 0 Å². The van der Waals surface area contributed by atoms with E-state index in [-0.39, 0.29) is 11.6 Å². The molecule has 2 nitrogen and oxygen atoms in total. The van der Waals surface area contributed by atoms with Gasteiger partial charge in [-0.05, 0) is 49.0 Å². The molecule has 1 fully saturated rings. The quantitative estimate of drug-likeness (QED) is 0.856. The molecule has 0 saturated carbocycles. The number of rotatable bonds is 5. The van der Waals surface area contributed by atoms with Gasteiger partial charge in [0.1, 0.15) is 0 Å². The molecule has 3 rings (SSSR count). The fraction of sp³-hybridized carbons (Fsp3) is 0.429. The molecule has 1 heterocycles. The van der Waals surface area contributed by atoms with Crippen LogP contribution in [0.5, 0.6) is 0 Å². The van der Waals surface area contributed by atoms with Crippen LogP contribution in [0.3, 0.4) is 0 Å². The summed E-state index contributed by atoms with van der Waals surface area (Å²) in [5, 5.41) is 0. The summed E-state index contributed by atoms with van der Waals surface area (Å²) in [5.41, 5.74) is 9.71. The molecule has 0 aliphatic carbocycles. The molecule has 2 N–H and O–H groups in total. The minimum absolute atomic E-state index is 0.0617. The van der Waals surface area contributed by atoms with E-state index < -0.39 is 6.43 Å². The van der Waals surface area contributed by atoms with Crippen LogP contribution < -0.4 is 5.73 Å². The van der Waals surface area contributed by atoms with Gasteiger partial charge in [-0.25, -0.2) is 8.78 Å². The number of hydrogen-bond acceptors (Lipinski definition) is 2. The Bertz CT molecular complexity index is 685. The minimum atomic E-state index is -2.42. The molecule has 25 heavy (non-hydrogen) atoms. The number of nitrogens with zero attached hydrogens (tertiary/aromatic N) is 1. The standard InChI is InChI=1S/C21H26F2N2/c1-2-25-12-4-7-19(24)20(25)14-15-5-3-6-18(13-15)16-8-10-17(11-9-16)21(22)23/h3,5-6,8-11,13,19-21H,2,4,7,12,14,24H2,1H3. The summed E-state index contributed by atoms with van der Waals surface area (Å²) < 4.78 is 25.4. The Morgan fingerprint density at radius 3 is 2.56 bits per heavy atom. The smallest absolute Gasteiger partial charge is 0.263 e. The third-order valence-corrected chi connectivity index (χ3v) is 5.22. The first kappa shape index (κ1) is 18.0. The van der Waals surface area contributed by atoms with Crippen LogP contribution in [0.25, 0.3) is 11.1 Å². The summed E-state index contributed by atoms with van der Waals surface area (Å²) in [6, 6.07) is 15.5. The zero-order chi connectivity index (χ0) is 17.8. The maximum absolute atomic E-state index is 12.7. The number of hydrogen-bond donors (Lipinski definition) is 1. The Balaban J connectivity index is 1.79. The Morgan fingerprint density at radius 1 is 1.12 bits per heavy atom. The van der Waals surface area contributed by atoms with Crippen molar-refractivity contribution in [2.45, 2.75) is 44.7 Å². The van der Waals surface area contributed by atoms with Gasteiger partial charge in [0.15, 0.2) is 0 Å². The molecule has 134 valence electrons. The first-order valence-electron chi connectivity index (χ1n) is 9.05. The molecule has 0 amide bonds. The lowest BCUT2D eigenvalue weighted by atomic mass is 9.90. The summed E-state index contributed by atoms with van der Waals surface area (Å²) in [6.45, 7) is 4.32. The topological polar surface area (TPSA) is 29.3 Å². The summed E-state index contributed by atoms with van der Waals surface area (Å²) >= 11 is 0. The summed E-state index contributed by atoms with van der Waals surface area (Å²) in [7, 11) is 0. The molecule has 2 atom stereocenters. The monoisotopic (exact) mass is 344 g/mol. The number of nitrogens with two attached hydrogens (primary N) is 1. The number of benzene rings is 2. The molecular weight excluding hydrogens is 318 g/mol. The predicted octanol–water partition coefficient (Wildman–Crippen LogP) is 4.65. The van der Waals surface area contributed by atoms with Crippen LogP contribution >= 0.6 is 0 Å². The Hall–Kier alpha value is -1.78. The highest BCUT2D eigenvalue weighted by Gasteiger charge is 2.27. The minimum Gasteiger partial charge on any atom is -0.326 e. The third-order valence-electron chi connectivity index (χ3n) is 5.22. The highest BCUT2D eigenvalue weighted by Crippen LogP contribution is 2.26. The molecule has 1 aliphatic heterocycles. The zero-order valence-electron chi connectivity index (χ0n) is 14.7. The van der Waals surface area contributed by atoms with Crippen LogP contribution in [0.2, 0.25) is 0 Å². The van der Waals surface area contributed by atoms with Crippen molar-refractivity contribution >= 4 is 0 Å². The summed E-state index contributed by atoms with van der Waals surface area (Å²) in [4.78, 5) is 2.47. The van der Waals surface area contributed by atoms with Gasteiger partial charge < -0.3 is 5.73 Å². The van der Waals surface area contributed by atoms with Crippen molar-refractivity contribution in [1.29, 1.82) is 0 Å². The van der Waals surface area contributed by atoms with Gasteiger partial charge in [-0.2, -0.15) is 0 Å². The normalized spacial score (nSPS) is 21.6. The van der Waals surface area contributed by atoms with Crippen molar-refractivity contribution in [2.75, 3.05) is 13.1 Å². The van der Waals surface area contributed by atoms with E-state index >= 15 is 0 Å². The van der Waals surface area contributed by atoms with Crippen molar-refractivity contribution < 1.29 is 8.78 Å². The van der Waals surface area contributed by atoms with E-state index in [0.717, 1.165) is 37.1 Å². The van der Waals surface area contributed by atoms with E-state index in [4.69, 9.17) is 5.73 Å². The lowest BCUT2D eigenvalue weighted by Gasteiger charge is -2.39. The van der Waals surface area contributed by atoms with Crippen LogP contribution in [-0.4, -0.2) is 30.1 Å². The second-order valence-electron chi connectivity index (χ2n) is 6.83. The van der Waals surface area contributed by atoms with E-state index in [2.05, 4.69) is 24.0 Å². The van der Waals surface area contributed by atoms with Crippen molar-refractivity contribution in [3.05, 3.63) is 59.7 Å². The van der Waals surface area contributed by atoms with Crippen molar-refractivity contribution in [1.82, 2.24) is 4.90 Å². The van der Waals surface area contributed by atoms with Crippen molar-refractivity contribution in [2.24, 2.45) is 5.73 Å². The van der Waals surface area contributed by atoms with Crippen LogP contribution in [0.15, 0.2) is 48.5 Å². The number of likely N-dealkylation sites (tertiary alicyclic amines) is 1. The molecule has 0 aromatic heterocycles. The average molecular weight is 344 g/mol. The van der Waals surface area contributed by atoms with Gasteiger partial charge in [0.25, 0.3) is 6.43 Å². The Kier molecular flexibility index (Phi) is 5.82. The lowest BCUT2D eigenvalue weighted by Crippen LogP contribution is -2.52. The van der Waals surface area contributed by atoms with Crippen molar-refractivity contribution in [3.63, 3.8) is 0 Å². The molecule has 1 aliphatic rings. The summed E-state index contributed by atoms with van der Waals surface area (Å²) in [5.74, 6) is 0. The SMILES string of the molecule is CCN1CCCC(N)C1Cc1cccc(-c2ccc(C(F)F)cc2)c1. The van der Waals surface area contributed by atoms with E-state index in [1.54, 1.807) is 12.1 Å². The zero-order valence-corrected chi connectivity index (χ0v) is 14.7. The number of piperidine rings is 1. The van der Waals surface area contributed by atoms with Gasteiger partial charge >= 0.3 is 0 Å². The van der Waals surface area contributed by atoms with Gasteiger partial charge in [-0.1, -0.05) is 55.5 Å². The van der Waals surface area contributed by atoms with Gasteiger partial charge in [0, 0.05) is 17.6 Å². The largest absolute Gasteiger partial charge is 0.326 e. The molecule has 4 heteroatoms. The first-order valence-corrected chi connectivity index (χ1v) is 9.05. The number of likely N-dealkylation sites (N-methyl/N-ethyl adjacent to an activating group) is 1. The summed E-state index contributed by atoms with van der Waals surface area (Å²) in [6.07, 6.45) is 0.754. The lowest BCUT2D eigenvalue weighted by molar-refractivity contribution is 0.134. The molecular formula is C21H26F2N2. The maximum Gasteiger partial charge on any atom is 0.263 e. The molecule has 2 aromatic carbocycles. The van der Waals surface area contributed by atoms with Crippen LogP contribution in [0, 0.1) is 0 Å². The van der Waals surface area contributed by atoms with Gasteiger partial charge in [-0.15, -0.1) is 0 Å². The molecule has 0 radical (unpaired) electrons. The van der Waals surface area contributed by atoms with Gasteiger partial charge in [-0.3, -0.25) is 4.90 Å². The number of halogens is 2. The van der Waals surface area contributed by atoms with E-state index in [9.17, 15) is 8.78 Å². The second-order valence-corrected chi connectivity index (χ2v) is 6.83.